The number of halogens is 2. The normalized spacial score (nSPS) is 45.9. The molecule has 5 atom stereocenters. The molecule has 0 heterocycles. The summed E-state index contributed by atoms with van der Waals surface area (Å²) in [4.78, 5) is 12.3. The quantitative estimate of drug-likeness (QED) is 0.743. The number of fused-ring (bicyclic) bond motifs is 2. The Hall–Kier alpha value is 0.430. The molecule has 0 aromatic heterocycles. The van der Waals surface area contributed by atoms with Crippen molar-refractivity contribution >= 4 is 37.8 Å². The summed E-state index contributed by atoms with van der Waals surface area (Å²) in [5, 5.41) is 3.27. The zero-order chi connectivity index (χ0) is 13.1. The summed E-state index contributed by atoms with van der Waals surface area (Å²) in [6.07, 6.45) is 6.41. The second-order valence-electron chi connectivity index (χ2n) is 6.81. The molecule has 1 N–H and O–H groups in total. The van der Waals surface area contributed by atoms with Crippen LogP contribution in [0.5, 0.6) is 0 Å². The van der Waals surface area contributed by atoms with Gasteiger partial charge in [-0.15, -0.1) is 0 Å². The van der Waals surface area contributed by atoms with Crippen LogP contribution in [0.1, 0.15) is 46.0 Å². The van der Waals surface area contributed by atoms with Crippen LogP contribution in [-0.2, 0) is 4.79 Å². The Bertz CT molecular complexity index is 384. The first-order chi connectivity index (χ1) is 8.33. The van der Waals surface area contributed by atoms with Gasteiger partial charge in [0.05, 0.1) is 8.65 Å². The lowest BCUT2D eigenvalue weighted by Crippen LogP contribution is -2.44. The molecule has 3 fully saturated rings. The predicted molar refractivity (Wildman–Crippen MR) is 79.9 cm³/mol. The largest absolute Gasteiger partial charge is 0.353 e. The van der Waals surface area contributed by atoms with E-state index in [0.29, 0.717) is 6.04 Å². The third-order valence-electron chi connectivity index (χ3n) is 5.55. The molecule has 2 nitrogen and oxygen atoms in total. The molecule has 3 aliphatic carbocycles. The van der Waals surface area contributed by atoms with Gasteiger partial charge in [0.2, 0.25) is 5.91 Å². The molecule has 102 valence electrons. The van der Waals surface area contributed by atoms with Crippen molar-refractivity contribution in [1.82, 2.24) is 5.32 Å². The van der Waals surface area contributed by atoms with Crippen molar-refractivity contribution in [1.29, 1.82) is 0 Å². The second kappa shape index (κ2) is 4.21. The maximum Gasteiger partial charge on any atom is 0.228 e. The number of hydrogen-bond acceptors (Lipinski definition) is 1. The minimum absolute atomic E-state index is 0.175. The molecule has 3 saturated carbocycles. The number of rotatable bonds is 3. The van der Waals surface area contributed by atoms with Crippen molar-refractivity contribution in [3.8, 4) is 0 Å². The van der Waals surface area contributed by atoms with Crippen LogP contribution in [0.25, 0.3) is 0 Å². The van der Waals surface area contributed by atoms with E-state index in [2.05, 4.69) is 44.1 Å². The second-order valence-corrected chi connectivity index (χ2v) is 10.6. The van der Waals surface area contributed by atoms with Crippen LogP contribution in [0, 0.1) is 23.2 Å². The maximum atomic E-state index is 12.3. The highest BCUT2D eigenvalue weighted by Gasteiger charge is 2.66. The van der Waals surface area contributed by atoms with Gasteiger partial charge in [0.1, 0.15) is 0 Å². The number of alkyl halides is 2. The highest BCUT2D eigenvalue weighted by molar-refractivity contribution is 9.25. The Morgan fingerprint density at radius 1 is 1.33 bits per heavy atom. The van der Waals surface area contributed by atoms with E-state index in [1.807, 2.05) is 6.92 Å². The Balaban J connectivity index is 1.59. The number of carbonyl (C=O) groups is 1. The van der Waals surface area contributed by atoms with Crippen molar-refractivity contribution in [2.45, 2.75) is 55.2 Å². The molecule has 0 aliphatic heterocycles. The summed E-state index contributed by atoms with van der Waals surface area (Å²) >= 11 is 7.14. The van der Waals surface area contributed by atoms with Crippen molar-refractivity contribution in [2.75, 3.05) is 0 Å². The maximum absolute atomic E-state index is 12.3. The number of nitrogens with one attached hydrogen (secondary N) is 1. The van der Waals surface area contributed by atoms with Gasteiger partial charge in [0.25, 0.3) is 0 Å². The Morgan fingerprint density at radius 3 is 2.44 bits per heavy atom. The fourth-order valence-corrected chi connectivity index (χ4v) is 5.51. The van der Waals surface area contributed by atoms with Gasteiger partial charge in [0.15, 0.2) is 0 Å². The monoisotopic (exact) mass is 377 g/mol. The lowest BCUT2D eigenvalue weighted by atomic mass is 9.84. The van der Waals surface area contributed by atoms with E-state index in [1.165, 1.54) is 25.7 Å². The Labute approximate surface area is 126 Å². The van der Waals surface area contributed by atoms with Gasteiger partial charge >= 0.3 is 0 Å². The average Bonchev–Trinajstić information content (AvgIpc) is 2.74. The summed E-state index contributed by atoms with van der Waals surface area (Å²) in [6.45, 7) is 4.22. The average molecular weight is 379 g/mol. The van der Waals surface area contributed by atoms with E-state index in [0.717, 1.165) is 24.2 Å². The molecule has 1 amide bonds. The van der Waals surface area contributed by atoms with Gasteiger partial charge in [-0.2, -0.15) is 0 Å². The smallest absolute Gasteiger partial charge is 0.228 e. The van der Waals surface area contributed by atoms with E-state index in [9.17, 15) is 4.79 Å². The fourth-order valence-electron chi connectivity index (χ4n) is 4.03. The molecular formula is C14H21Br2NO. The van der Waals surface area contributed by atoms with Gasteiger partial charge in [-0.1, -0.05) is 38.3 Å². The molecule has 3 aliphatic rings. The molecular weight excluding hydrogens is 358 g/mol. The van der Waals surface area contributed by atoms with Gasteiger partial charge in [-0.25, -0.2) is 0 Å². The Morgan fingerprint density at radius 2 is 2.00 bits per heavy atom. The zero-order valence-electron chi connectivity index (χ0n) is 11.0. The summed E-state index contributed by atoms with van der Waals surface area (Å²) in [6, 6.07) is 0.334. The summed E-state index contributed by atoms with van der Waals surface area (Å²) in [5.74, 6) is 2.74. The molecule has 0 unspecified atom stereocenters. The summed E-state index contributed by atoms with van der Waals surface area (Å²) in [7, 11) is 0. The van der Waals surface area contributed by atoms with Crippen LogP contribution in [0.4, 0.5) is 0 Å². The molecule has 0 aromatic rings. The molecule has 2 bridgehead atoms. The number of hydrogen-bond donors (Lipinski definition) is 1. The van der Waals surface area contributed by atoms with Gasteiger partial charge < -0.3 is 5.32 Å². The number of carbonyl (C=O) groups excluding carboxylic acids is 1. The summed E-state index contributed by atoms with van der Waals surface area (Å²) < 4.78 is -0.175. The standard InChI is InChI=1S/C14H21Br2NO/c1-8(11-6-9-3-4-10(11)5-9)17-12(18)13(2)7-14(13,15)16/h8-11H,3-7H2,1-2H3,(H,17,18)/t8-,9+,10+,11-,13-/m0/s1. The molecule has 0 radical (unpaired) electrons. The fraction of sp³-hybridized carbons (Fsp3) is 0.929. The zero-order valence-corrected chi connectivity index (χ0v) is 14.2. The first-order valence-electron chi connectivity index (χ1n) is 7.02. The van der Waals surface area contributed by atoms with E-state index in [1.54, 1.807) is 0 Å². The van der Waals surface area contributed by atoms with Crippen LogP contribution in [0.3, 0.4) is 0 Å². The van der Waals surface area contributed by atoms with Crippen LogP contribution < -0.4 is 5.32 Å². The van der Waals surface area contributed by atoms with Gasteiger partial charge in [0, 0.05) is 6.04 Å². The van der Waals surface area contributed by atoms with Crippen LogP contribution in [-0.4, -0.2) is 15.2 Å². The van der Waals surface area contributed by atoms with E-state index in [4.69, 9.17) is 0 Å². The van der Waals surface area contributed by atoms with Crippen LogP contribution in [0.2, 0.25) is 0 Å². The van der Waals surface area contributed by atoms with E-state index < -0.39 is 0 Å². The predicted octanol–water partition coefficient (Wildman–Crippen LogP) is 3.82. The van der Waals surface area contributed by atoms with Gasteiger partial charge in [-0.3, -0.25) is 4.79 Å². The third-order valence-corrected chi connectivity index (χ3v) is 7.86. The Kier molecular flexibility index (Phi) is 3.14. The van der Waals surface area contributed by atoms with Crippen molar-refractivity contribution in [3.63, 3.8) is 0 Å². The summed E-state index contributed by atoms with van der Waals surface area (Å²) in [5.41, 5.74) is -0.279. The first kappa shape index (κ1) is 13.4. The molecule has 4 heteroatoms. The van der Waals surface area contributed by atoms with Crippen molar-refractivity contribution in [3.05, 3.63) is 0 Å². The molecule has 0 saturated heterocycles. The van der Waals surface area contributed by atoms with Crippen LogP contribution in [0.15, 0.2) is 0 Å². The molecule has 0 aromatic carbocycles. The number of amides is 1. The lowest BCUT2D eigenvalue weighted by Gasteiger charge is -2.29. The minimum Gasteiger partial charge on any atom is -0.353 e. The minimum atomic E-state index is -0.279. The van der Waals surface area contributed by atoms with E-state index >= 15 is 0 Å². The topological polar surface area (TPSA) is 29.1 Å². The van der Waals surface area contributed by atoms with Crippen molar-refractivity contribution in [2.24, 2.45) is 23.2 Å². The molecule has 18 heavy (non-hydrogen) atoms. The SMILES string of the molecule is C[C@H](NC(=O)[C@]1(C)CC1(Br)Br)[C@@H]1C[C@@H]2CC[C@@H]1C2. The lowest BCUT2D eigenvalue weighted by molar-refractivity contribution is -0.126. The van der Waals surface area contributed by atoms with Gasteiger partial charge in [-0.05, 0) is 57.3 Å². The van der Waals surface area contributed by atoms with Crippen LogP contribution >= 0.6 is 31.9 Å². The molecule has 0 spiro atoms. The van der Waals surface area contributed by atoms with Crippen molar-refractivity contribution < 1.29 is 4.79 Å². The molecule has 3 rings (SSSR count). The first-order valence-corrected chi connectivity index (χ1v) is 8.61. The highest BCUT2D eigenvalue weighted by Crippen LogP contribution is 2.66. The third kappa shape index (κ3) is 1.98. The highest BCUT2D eigenvalue weighted by atomic mass is 79.9. The van der Waals surface area contributed by atoms with E-state index in [-0.39, 0.29) is 14.6 Å².